The average molecular weight is 478 g/mol. The van der Waals surface area contributed by atoms with E-state index < -0.39 is 23.5 Å². The number of benzene rings is 1. The van der Waals surface area contributed by atoms with Crippen LogP contribution < -0.4 is 15.8 Å². The fraction of sp³-hybridized carbons (Fsp3) is 0.481. The lowest BCUT2D eigenvalue weighted by atomic mass is 9.88. The number of aryl methyl sites for hydroxylation is 3. The van der Waals surface area contributed by atoms with Crippen molar-refractivity contribution < 1.29 is 18.8 Å². The second-order valence-corrected chi connectivity index (χ2v) is 9.70. The number of nitrogens with zero attached hydrogens (tertiary/aromatic N) is 2. The minimum atomic E-state index is -0.792. The zero-order chi connectivity index (χ0) is 24.7. The van der Waals surface area contributed by atoms with Gasteiger partial charge in [0.1, 0.15) is 11.2 Å². The molecule has 5 rings (SSSR count). The molecule has 2 aromatic rings. The van der Waals surface area contributed by atoms with Gasteiger partial charge in [-0.2, -0.15) is 0 Å². The molecule has 8 heteroatoms. The van der Waals surface area contributed by atoms with Crippen LogP contribution in [0, 0.1) is 6.92 Å². The molecule has 3 aliphatic rings. The lowest BCUT2D eigenvalue weighted by Gasteiger charge is -2.37. The molecule has 0 atom stereocenters. The summed E-state index contributed by atoms with van der Waals surface area (Å²) in [5, 5.41) is 3.08. The number of hydrogen-bond acceptors (Lipinski definition) is 6. The summed E-state index contributed by atoms with van der Waals surface area (Å²) >= 11 is 0. The molecule has 0 bridgehead atoms. The minimum absolute atomic E-state index is 0.173. The lowest BCUT2D eigenvalue weighted by molar-refractivity contribution is -0.130. The van der Waals surface area contributed by atoms with E-state index in [1.165, 1.54) is 17.3 Å². The monoisotopic (exact) mass is 477 g/mol. The maximum absolute atomic E-state index is 13.1. The van der Waals surface area contributed by atoms with Crippen molar-refractivity contribution in [3.05, 3.63) is 44.3 Å². The molecular weight excluding hydrogens is 446 g/mol. The van der Waals surface area contributed by atoms with Gasteiger partial charge >= 0.3 is 11.7 Å². The van der Waals surface area contributed by atoms with Gasteiger partial charge in [0, 0.05) is 36.3 Å². The summed E-state index contributed by atoms with van der Waals surface area (Å²) in [4.78, 5) is 54.5. The number of anilines is 1. The summed E-state index contributed by atoms with van der Waals surface area (Å²) in [5.74, 6) is -1.47. The van der Waals surface area contributed by atoms with Gasteiger partial charge in [-0.25, -0.2) is 9.59 Å². The van der Waals surface area contributed by atoms with E-state index in [4.69, 9.17) is 4.42 Å². The number of unbranched alkanes of at least 4 members (excludes halogenated alkanes) is 3. The van der Waals surface area contributed by atoms with Crippen LogP contribution in [0.3, 0.4) is 0 Å². The standard InChI is InChI=1S/C27H31N3O5/c1-3-4-5-6-13-30-25(32)21(24(31)28-27(30)34)15-20-16(2)19-14-17-9-7-11-29-12-8-10-18(22(17)29)23(19)35-26(20)33/h14-15H,3-13H2,1-2H3,(H,28,31,34)/b21-15-. The maximum atomic E-state index is 13.1. The second kappa shape index (κ2) is 9.32. The van der Waals surface area contributed by atoms with Crippen LogP contribution in [0.5, 0.6) is 0 Å². The number of imide groups is 2. The van der Waals surface area contributed by atoms with Crippen LogP contribution >= 0.6 is 0 Å². The number of amides is 4. The van der Waals surface area contributed by atoms with Gasteiger partial charge in [-0.15, -0.1) is 0 Å². The molecule has 184 valence electrons. The average Bonchev–Trinajstić information content (AvgIpc) is 2.84. The first-order valence-electron chi connectivity index (χ1n) is 12.7. The number of barbiturate groups is 1. The third-order valence-electron chi connectivity index (χ3n) is 7.40. The maximum Gasteiger partial charge on any atom is 0.343 e. The number of urea groups is 1. The smallest absolute Gasteiger partial charge is 0.343 e. The Morgan fingerprint density at radius 3 is 2.60 bits per heavy atom. The Labute approximate surface area is 203 Å². The predicted octanol–water partition coefficient (Wildman–Crippen LogP) is 3.84. The third-order valence-corrected chi connectivity index (χ3v) is 7.40. The normalized spacial score (nSPS) is 18.9. The van der Waals surface area contributed by atoms with Crippen LogP contribution in [0.1, 0.15) is 67.7 Å². The lowest BCUT2D eigenvalue weighted by Crippen LogP contribution is -2.54. The first-order valence-corrected chi connectivity index (χ1v) is 12.7. The van der Waals surface area contributed by atoms with Crippen molar-refractivity contribution in [2.24, 2.45) is 0 Å². The first-order chi connectivity index (χ1) is 16.9. The Bertz CT molecular complexity index is 1320. The second-order valence-electron chi connectivity index (χ2n) is 9.70. The molecule has 1 aromatic heterocycles. The SMILES string of the molecule is CCCCCCN1C(=O)NC(=O)/C(=C/c2c(C)c3cc4c5c(c3oc2=O)CCCN5CCC4)C1=O. The summed E-state index contributed by atoms with van der Waals surface area (Å²) in [6, 6.07) is 1.38. The summed E-state index contributed by atoms with van der Waals surface area (Å²) in [6.45, 7) is 6.17. The highest BCUT2D eigenvalue weighted by atomic mass is 16.4. The van der Waals surface area contributed by atoms with E-state index in [9.17, 15) is 19.2 Å². The molecule has 0 spiro atoms. The van der Waals surface area contributed by atoms with Gasteiger partial charge in [0.25, 0.3) is 11.8 Å². The molecule has 1 N–H and O–H groups in total. The molecule has 4 heterocycles. The molecule has 1 aromatic carbocycles. The quantitative estimate of drug-likeness (QED) is 0.294. The van der Waals surface area contributed by atoms with Crippen LogP contribution in [0.15, 0.2) is 20.9 Å². The number of fused-ring (bicyclic) bond motifs is 2. The zero-order valence-electron chi connectivity index (χ0n) is 20.4. The Balaban J connectivity index is 1.56. The van der Waals surface area contributed by atoms with Gasteiger partial charge in [0.2, 0.25) is 0 Å². The minimum Gasteiger partial charge on any atom is -0.422 e. The van der Waals surface area contributed by atoms with E-state index in [0.29, 0.717) is 17.6 Å². The number of carbonyl (C=O) groups is 3. The Morgan fingerprint density at radius 1 is 1.06 bits per heavy atom. The first kappa shape index (κ1) is 23.3. The number of carbonyl (C=O) groups excluding carboxylic acids is 3. The van der Waals surface area contributed by atoms with Gasteiger partial charge in [-0.3, -0.25) is 19.8 Å². The van der Waals surface area contributed by atoms with Crippen LogP contribution in [0.25, 0.3) is 17.0 Å². The Morgan fingerprint density at radius 2 is 1.83 bits per heavy atom. The number of nitrogens with one attached hydrogen (secondary N) is 1. The Hall–Kier alpha value is -3.42. The van der Waals surface area contributed by atoms with E-state index in [1.54, 1.807) is 0 Å². The van der Waals surface area contributed by atoms with Crippen LogP contribution in [-0.2, 0) is 22.4 Å². The van der Waals surface area contributed by atoms with Gasteiger partial charge in [0.05, 0.1) is 5.56 Å². The Kier molecular flexibility index (Phi) is 6.21. The fourth-order valence-corrected chi connectivity index (χ4v) is 5.58. The van der Waals surface area contributed by atoms with Crippen molar-refractivity contribution in [2.75, 3.05) is 24.5 Å². The number of hydrogen-bond donors (Lipinski definition) is 1. The van der Waals surface area contributed by atoms with Crippen molar-refractivity contribution in [2.45, 2.75) is 65.2 Å². The van der Waals surface area contributed by atoms with E-state index >= 15 is 0 Å². The molecule has 35 heavy (non-hydrogen) atoms. The molecule has 0 radical (unpaired) electrons. The van der Waals surface area contributed by atoms with Gasteiger partial charge < -0.3 is 9.32 Å². The predicted molar refractivity (Wildman–Crippen MR) is 133 cm³/mol. The van der Waals surface area contributed by atoms with Crippen molar-refractivity contribution in [3.8, 4) is 0 Å². The zero-order valence-corrected chi connectivity index (χ0v) is 20.4. The topological polar surface area (TPSA) is 99.9 Å². The van der Waals surface area contributed by atoms with E-state index in [0.717, 1.165) is 73.9 Å². The van der Waals surface area contributed by atoms with Crippen molar-refractivity contribution >= 4 is 40.6 Å². The molecule has 3 aliphatic heterocycles. The number of rotatable bonds is 6. The van der Waals surface area contributed by atoms with Crippen LogP contribution in [0.2, 0.25) is 0 Å². The molecule has 0 aliphatic carbocycles. The highest BCUT2D eigenvalue weighted by molar-refractivity contribution is 6.31. The van der Waals surface area contributed by atoms with Crippen LogP contribution in [0.4, 0.5) is 10.5 Å². The summed E-state index contributed by atoms with van der Waals surface area (Å²) in [7, 11) is 0. The van der Waals surface area contributed by atoms with Gasteiger partial charge in [0.15, 0.2) is 0 Å². The summed E-state index contributed by atoms with van der Waals surface area (Å²) in [5.41, 5.74) is 4.20. The van der Waals surface area contributed by atoms with Crippen molar-refractivity contribution in [1.82, 2.24) is 10.2 Å². The van der Waals surface area contributed by atoms with Gasteiger partial charge in [-0.05, 0) is 62.3 Å². The summed E-state index contributed by atoms with van der Waals surface area (Å²) in [6.07, 6.45) is 8.80. The largest absolute Gasteiger partial charge is 0.422 e. The third kappa shape index (κ3) is 4.05. The highest BCUT2D eigenvalue weighted by Crippen LogP contribution is 2.40. The molecule has 0 saturated carbocycles. The van der Waals surface area contributed by atoms with E-state index in [2.05, 4.69) is 23.2 Å². The van der Waals surface area contributed by atoms with E-state index in [-0.39, 0.29) is 17.7 Å². The highest BCUT2D eigenvalue weighted by Gasteiger charge is 2.36. The molecular formula is C27H31N3O5. The van der Waals surface area contributed by atoms with Gasteiger partial charge in [-0.1, -0.05) is 26.2 Å². The van der Waals surface area contributed by atoms with Crippen LogP contribution in [-0.4, -0.2) is 42.4 Å². The van der Waals surface area contributed by atoms with Crippen molar-refractivity contribution in [1.29, 1.82) is 0 Å². The molecule has 0 unspecified atom stereocenters. The summed E-state index contributed by atoms with van der Waals surface area (Å²) < 4.78 is 5.85. The molecule has 1 fully saturated rings. The molecule has 1 saturated heterocycles. The van der Waals surface area contributed by atoms with Crippen molar-refractivity contribution in [3.63, 3.8) is 0 Å². The fourth-order valence-electron chi connectivity index (χ4n) is 5.58. The molecule has 4 amide bonds. The van der Waals surface area contributed by atoms with E-state index in [1.807, 2.05) is 6.92 Å². The molecule has 8 nitrogen and oxygen atoms in total.